The molecule has 1 aromatic heterocycles. The monoisotopic (exact) mass is 426 g/mol. The molecule has 122 valence electrons. The van der Waals surface area contributed by atoms with Crippen molar-refractivity contribution in [1.82, 2.24) is 15.6 Å². The standard InChI is InChI=1S/C14H26N4OS.HI/c1-11(2)19-9-5-7-16-14(15-4)17-8-6-13-18-10-12(3)20-13;/h10-11H,5-9H2,1-4H3,(H2,15,16,17);1H. The quantitative estimate of drug-likeness (QED) is 0.291. The first kappa shape index (κ1) is 20.6. The molecule has 1 rings (SSSR count). The summed E-state index contributed by atoms with van der Waals surface area (Å²) in [5.74, 6) is 0.836. The van der Waals surface area contributed by atoms with Crippen molar-refractivity contribution in [2.75, 3.05) is 26.7 Å². The van der Waals surface area contributed by atoms with Crippen molar-refractivity contribution in [2.45, 2.75) is 39.7 Å². The Bertz CT molecular complexity index is 409. The number of guanidine groups is 1. The molecule has 0 radical (unpaired) electrons. The predicted molar refractivity (Wildman–Crippen MR) is 101 cm³/mol. The van der Waals surface area contributed by atoms with Gasteiger partial charge in [-0.05, 0) is 27.2 Å². The van der Waals surface area contributed by atoms with Crippen LogP contribution in [0.25, 0.3) is 0 Å². The summed E-state index contributed by atoms with van der Waals surface area (Å²) in [5, 5.41) is 7.73. The lowest BCUT2D eigenvalue weighted by molar-refractivity contribution is 0.0776. The molecule has 0 aromatic carbocycles. The van der Waals surface area contributed by atoms with Gasteiger partial charge in [0.25, 0.3) is 0 Å². The van der Waals surface area contributed by atoms with Crippen molar-refractivity contribution in [3.63, 3.8) is 0 Å². The van der Waals surface area contributed by atoms with Gasteiger partial charge in [0.05, 0.1) is 11.1 Å². The van der Waals surface area contributed by atoms with Crippen LogP contribution < -0.4 is 10.6 Å². The summed E-state index contributed by atoms with van der Waals surface area (Å²) in [6, 6.07) is 0. The van der Waals surface area contributed by atoms with E-state index in [1.807, 2.05) is 20.0 Å². The first-order chi connectivity index (χ1) is 9.61. The molecule has 21 heavy (non-hydrogen) atoms. The van der Waals surface area contributed by atoms with Crippen LogP contribution >= 0.6 is 35.3 Å². The Morgan fingerprint density at radius 1 is 1.38 bits per heavy atom. The average molecular weight is 426 g/mol. The van der Waals surface area contributed by atoms with Crippen LogP contribution in [-0.2, 0) is 11.2 Å². The number of rotatable bonds is 8. The molecule has 0 saturated heterocycles. The Morgan fingerprint density at radius 3 is 2.67 bits per heavy atom. The summed E-state index contributed by atoms with van der Waals surface area (Å²) in [6.45, 7) is 8.66. The van der Waals surface area contributed by atoms with Crippen LogP contribution in [0.15, 0.2) is 11.2 Å². The molecule has 0 saturated carbocycles. The van der Waals surface area contributed by atoms with Gasteiger partial charge >= 0.3 is 0 Å². The minimum absolute atomic E-state index is 0. The zero-order valence-corrected chi connectivity index (χ0v) is 16.5. The van der Waals surface area contributed by atoms with E-state index in [4.69, 9.17) is 4.74 Å². The highest BCUT2D eigenvalue weighted by atomic mass is 127. The second-order valence-corrected chi connectivity index (χ2v) is 6.13. The highest BCUT2D eigenvalue weighted by molar-refractivity contribution is 14.0. The molecule has 0 amide bonds. The summed E-state index contributed by atoms with van der Waals surface area (Å²) >= 11 is 1.75. The van der Waals surface area contributed by atoms with Gasteiger partial charge in [-0.15, -0.1) is 35.3 Å². The third-order valence-corrected chi connectivity index (χ3v) is 3.56. The zero-order chi connectivity index (χ0) is 14.8. The van der Waals surface area contributed by atoms with Gasteiger partial charge in [0.1, 0.15) is 0 Å². The molecule has 0 atom stereocenters. The number of nitrogens with zero attached hydrogens (tertiary/aromatic N) is 2. The Labute approximate surface area is 149 Å². The van der Waals surface area contributed by atoms with Crippen LogP contribution in [0.5, 0.6) is 0 Å². The molecule has 0 spiro atoms. The van der Waals surface area contributed by atoms with E-state index in [2.05, 4.69) is 27.5 Å². The number of aromatic nitrogens is 1. The van der Waals surface area contributed by atoms with Crippen LogP contribution in [-0.4, -0.2) is 43.8 Å². The number of ether oxygens (including phenoxy) is 1. The van der Waals surface area contributed by atoms with Crippen LogP contribution in [0, 0.1) is 6.92 Å². The fourth-order valence-corrected chi connectivity index (χ4v) is 2.41. The van der Waals surface area contributed by atoms with Crippen molar-refractivity contribution in [3.05, 3.63) is 16.1 Å². The molecular weight excluding hydrogens is 399 g/mol. The van der Waals surface area contributed by atoms with E-state index in [1.165, 1.54) is 4.88 Å². The SMILES string of the molecule is CN=C(NCCCOC(C)C)NCCc1ncc(C)s1.I. The van der Waals surface area contributed by atoms with Crippen molar-refractivity contribution >= 4 is 41.3 Å². The first-order valence-corrected chi connectivity index (χ1v) is 7.91. The van der Waals surface area contributed by atoms with E-state index in [0.29, 0.717) is 6.10 Å². The Kier molecular flexibility index (Phi) is 11.9. The van der Waals surface area contributed by atoms with Crippen molar-refractivity contribution in [3.8, 4) is 0 Å². The van der Waals surface area contributed by atoms with E-state index < -0.39 is 0 Å². The molecule has 1 heterocycles. The summed E-state index contributed by atoms with van der Waals surface area (Å²) in [4.78, 5) is 9.79. The van der Waals surface area contributed by atoms with Gasteiger partial charge < -0.3 is 15.4 Å². The Hall–Kier alpha value is -0.410. The molecule has 0 aliphatic rings. The van der Waals surface area contributed by atoms with E-state index >= 15 is 0 Å². The number of thiazole rings is 1. The van der Waals surface area contributed by atoms with Crippen molar-refractivity contribution in [2.24, 2.45) is 4.99 Å². The lowest BCUT2D eigenvalue weighted by Gasteiger charge is -2.12. The lowest BCUT2D eigenvalue weighted by Crippen LogP contribution is -2.39. The van der Waals surface area contributed by atoms with Crippen molar-refractivity contribution in [1.29, 1.82) is 0 Å². The summed E-state index contributed by atoms with van der Waals surface area (Å²) in [7, 11) is 1.79. The van der Waals surface area contributed by atoms with E-state index in [0.717, 1.165) is 43.5 Å². The number of nitrogens with one attached hydrogen (secondary N) is 2. The van der Waals surface area contributed by atoms with Gasteiger partial charge in [-0.2, -0.15) is 0 Å². The number of halogens is 1. The third kappa shape index (κ3) is 10.0. The predicted octanol–water partition coefficient (Wildman–Crippen LogP) is 2.59. The van der Waals surface area contributed by atoms with Gasteiger partial charge in [-0.1, -0.05) is 0 Å². The molecule has 5 nitrogen and oxygen atoms in total. The Balaban J connectivity index is 0.00000400. The summed E-state index contributed by atoms with van der Waals surface area (Å²) < 4.78 is 5.49. The molecule has 7 heteroatoms. The number of hydrogen-bond donors (Lipinski definition) is 2. The number of hydrogen-bond acceptors (Lipinski definition) is 4. The van der Waals surface area contributed by atoms with Gasteiger partial charge in [0, 0.05) is 44.2 Å². The maximum atomic E-state index is 5.49. The normalized spacial score (nSPS) is 11.4. The first-order valence-electron chi connectivity index (χ1n) is 7.09. The van der Waals surface area contributed by atoms with Gasteiger partial charge in [-0.25, -0.2) is 4.98 Å². The molecule has 0 bridgehead atoms. The summed E-state index contributed by atoms with van der Waals surface area (Å²) in [6.07, 6.45) is 4.12. The van der Waals surface area contributed by atoms with Crippen LogP contribution in [0.4, 0.5) is 0 Å². The average Bonchev–Trinajstić information content (AvgIpc) is 2.81. The minimum Gasteiger partial charge on any atom is -0.379 e. The van der Waals surface area contributed by atoms with E-state index in [9.17, 15) is 0 Å². The van der Waals surface area contributed by atoms with Crippen LogP contribution in [0.3, 0.4) is 0 Å². The molecule has 0 aliphatic heterocycles. The smallest absolute Gasteiger partial charge is 0.190 e. The maximum absolute atomic E-state index is 5.49. The zero-order valence-electron chi connectivity index (χ0n) is 13.3. The molecule has 2 N–H and O–H groups in total. The molecular formula is C14H27IN4OS. The largest absolute Gasteiger partial charge is 0.379 e. The van der Waals surface area contributed by atoms with E-state index in [1.54, 1.807) is 18.4 Å². The molecule has 0 unspecified atom stereocenters. The maximum Gasteiger partial charge on any atom is 0.190 e. The van der Waals surface area contributed by atoms with Gasteiger partial charge in [0.15, 0.2) is 5.96 Å². The van der Waals surface area contributed by atoms with Crippen molar-refractivity contribution < 1.29 is 4.74 Å². The second kappa shape index (κ2) is 12.2. The highest BCUT2D eigenvalue weighted by Crippen LogP contribution is 2.10. The van der Waals surface area contributed by atoms with Crippen LogP contribution in [0.2, 0.25) is 0 Å². The van der Waals surface area contributed by atoms with Gasteiger partial charge in [-0.3, -0.25) is 4.99 Å². The fourth-order valence-electron chi connectivity index (χ4n) is 1.62. The number of aliphatic imine (C=N–C) groups is 1. The van der Waals surface area contributed by atoms with Crippen LogP contribution in [0.1, 0.15) is 30.2 Å². The summed E-state index contributed by atoms with van der Waals surface area (Å²) in [5.41, 5.74) is 0. The lowest BCUT2D eigenvalue weighted by atomic mass is 10.4. The molecule has 0 fully saturated rings. The molecule has 0 aliphatic carbocycles. The molecule has 1 aromatic rings. The second-order valence-electron chi connectivity index (χ2n) is 4.81. The van der Waals surface area contributed by atoms with E-state index in [-0.39, 0.29) is 24.0 Å². The number of aryl methyl sites for hydroxylation is 1. The Morgan fingerprint density at radius 2 is 2.10 bits per heavy atom. The highest BCUT2D eigenvalue weighted by Gasteiger charge is 2.01. The minimum atomic E-state index is 0. The van der Waals surface area contributed by atoms with Gasteiger partial charge in [0.2, 0.25) is 0 Å². The fraction of sp³-hybridized carbons (Fsp3) is 0.714. The topological polar surface area (TPSA) is 58.5 Å². The third-order valence-electron chi connectivity index (χ3n) is 2.59.